The Labute approximate surface area is 105 Å². The average molecular weight is 261 g/mol. The Morgan fingerprint density at radius 3 is 2.61 bits per heavy atom. The van der Waals surface area contributed by atoms with Crippen LogP contribution in [-0.4, -0.2) is 25.9 Å². The average Bonchev–Trinajstić information content (AvgIpc) is 2.33. The topological polar surface area (TPSA) is 21.3 Å². The Hall–Kier alpha value is -1.23. The summed E-state index contributed by atoms with van der Waals surface area (Å²) in [5.41, 5.74) is 0.611. The largest absolute Gasteiger partial charge is 0.497 e. The third-order valence-corrected chi connectivity index (χ3v) is 2.61. The maximum Gasteiger partial charge on any atom is 0.404 e. The molecule has 1 N–H and O–H groups in total. The van der Waals surface area contributed by atoms with Crippen LogP contribution in [0.1, 0.15) is 18.9 Å². The lowest BCUT2D eigenvalue weighted by atomic mass is 10.1. The minimum Gasteiger partial charge on any atom is -0.497 e. The smallest absolute Gasteiger partial charge is 0.404 e. The van der Waals surface area contributed by atoms with Crippen LogP contribution < -0.4 is 10.1 Å². The van der Waals surface area contributed by atoms with Crippen LogP contribution in [0.4, 0.5) is 13.2 Å². The molecule has 1 unspecified atom stereocenters. The fourth-order valence-electron chi connectivity index (χ4n) is 1.66. The molecule has 18 heavy (non-hydrogen) atoms. The summed E-state index contributed by atoms with van der Waals surface area (Å²) >= 11 is 0. The van der Waals surface area contributed by atoms with E-state index >= 15 is 0 Å². The van der Waals surface area contributed by atoms with Gasteiger partial charge in [-0.25, -0.2) is 0 Å². The molecular formula is C13H18F3NO. The minimum atomic E-state index is -4.24. The molecule has 102 valence electrons. The predicted molar refractivity (Wildman–Crippen MR) is 64.8 cm³/mol. The first kappa shape index (κ1) is 14.8. The van der Waals surface area contributed by atoms with Crippen LogP contribution in [0.2, 0.25) is 0 Å². The fraction of sp³-hybridized carbons (Fsp3) is 0.538. The van der Waals surface area contributed by atoms with E-state index in [9.17, 15) is 13.2 Å². The Kier molecular flexibility index (Phi) is 5.47. The van der Waals surface area contributed by atoms with Crippen LogP contribution in [0.5, 0.6) is 5.75 Å². The maximum atomic E-state index is 12.8. The molecule has 0 aliphatic carbocycles. The van der Waals surface area contributed by atoms with Gasteiger partial charge in [-0.3, -0.25) is 0 Å². The molecule has 1 rings (SSSR count). The van der Waals surface area contributed by atoms with Crippen molar-refractivity contribution >= 4 is 0 Å². The molecule has 0 heterocycles. The van der Waals surface area contributed by atoms with Crippen molar-refractivity contribution in [1.82, 2.24) is 5.32 Å². The van der Waals surface area contributed by atoms with E-state index in [-0.39, 0.29) is 6.42 Å². The zero-order valence-corrected chi connectivity index (χ0v) is 10.6. The van der Waals surface area contributed by atoms with Gasteiger partial charge in [-0.15, -0.1) is 0 Å². The fourth-order valence-corrected chi connectivity index (χ4v) is 1.66. The highest BCUT2D eigenvalue weighted by molar-refractivity contribution is 5.29. The maximum absolute atomic E-state index is 12.8. The molecule has 2 nitrogen and oxygen atoms in total. The monoisotopic (exact) mass is 261 g/mol. The van der Waals surface area contributed by atoms with Gasteiger partial charge in [-0.2, -0.15) is 13.2 Å². The second kappa shape index (κ2) is 6.64. The number of nitrogens with one attached hydrogen (secondary N) is 1. The molecule has 0 aliphatic rings. The molecule has 0 spiro atoms. The molecule has 0 saturated heterocycles. The van der Waals surface area contributed by atoms with E-state index in [1.54, 1.807) is 24.3 Å². The number of ether oxygens (including phenoxy) is 1. The van der Waals surface area contributed by atoms with Crippen molar-refractivity contribution in [2.45, 2.75) is 32.0 Å². The highest BCUT2D eigenvalue weighted by atomic mass is 19.4. The lowest BCUT2D eigenvalue weighted by Gasteiger charge is -2.21. The SMILES string of the molecule is CCCNC(Cc1cccc(OC)c1)C(F)(F)F. The summed E-state index contributed by atoms with van der Waals surface area (Å²) in [5.74, 6) is 0.573. The highest BCUT2D eigenvalue weighted by Gasteiger charge is 2.38. The molecule has 0 aromatic heterocycles. The van der Waals surface area contributed by atoms with Crippen LogP contribution in [0.15, 0.2) is 24.3 Å². The van der Waals surface area contributed by atoms with E-state index in [0.717, 1.165) is 0 Å². The summed E-state index contributed by atoms with van der Waals surface area (Å²) in [6.07, 6.45) is -3.65. The van der Waals surface area contributed by atoms with Crippen molar-refractivity contribution < 1.29 is 17.9 Å². The van der Waals surface area contributed by atoms with Gasteiger partial charge in [0.05, 0.1) is 7.11 Å². The van der Waals surface area contributed by atoms with Crippen molar-refractivity contribution in [2.75, 3.05) is 13.7 Å². The van der Waals surface area contributed by atoms with Gasteiger partial charge >= 0.3 is 6.18 Å². The van der Waals surface area contributed by atoms with Crippen molar-refractivity contribution in [3.8, 4) is 5.75 Å². The molecule has 0 aliphatic heterocycles. The Balaban J connectivity index is 2.75. The number of hydrogen-bond acceptors (Lipinski definition) is 2. The zero-order valence-electron chi connectivity index (χ0n) is 10.6. The quantitative estimate of drug-likeness (QED) is 0.849. The van der Waals surface area contributed by atoms with Crippen molar-refractivity contribution in [3.63, 3.8) is 0 Å². The van der Waals surface area contributed by atoms with Gasteiger partial charge in [0.2, 0.25) is 0 Å². The second-order valence-electron chi connectivity index (χ2n) is 4.10. The third kappa shape index (κ3) is 4.56. The molecule has 1 aromatic rings. The predicted octanol–water partition coefficient (Wildman–Crippen LogP) is 3.17. The van der Waals surface area contributed by atoms with Crippen molar-refractivity contribution in [2.24, 2.45) is 0 Å². The van der Waals surface area contributed by atoms with Gasteiger partial charge in [0.1, 0.15) is 11.8 Å². The summed E-state index contributed by atoms with van der Waals surface area (Å²) < 4.78 is 43.5. The van der Waals surface area contributed by atoms with E-state index in [1.807, 2.05) is 6.92 Å². The van der Waals surface area contributed by atoms with E-state index in [2.05, 4.69) is 5.32 Å². The van der Waals surface area contributed by atoms with Gasteiger partial charge in [0.25, 0.3) is 0 Å². The number of halogens is 3. The molecule has 0 fully saturated rings. The van der Waals surface area contributed by atoms with Gasteiger partial charge < -0.3 is 10.1 Å². The first-order valence-corrected chi connectivity index (χ1v) is 5.90. The molecule has 0 saturated carbocycles. The molecule has 0 radical (unpaired) electrons. The third-order valence-electron chi connectivity index (χ3n) is 2.61. The van der Waals surface area contributed by atoms with E-state index in [1.165, 1.54) is 7.11 Å². The summed E-state index contributed by atoms with van der Waals surface area (Å²) in [7, 11) is 1.50. The van der Waals surface area contributed by atoms with Crippen LogP contribution in [0.25, 0.3) is 0 Å². The number of benzene rings is 1. The lowest BCUT2D eigenvalue weighted by molar-refractivity contribution is -0.155. The first-order chi connectivity index (χ1) is 8.47. The standard InChI is InChI=1S/C13H18F3NO/c1-3-7-17-12(13(14,15)16)9-10-5-4-6-11(8-10)18-2/h4-6,8,12,17H,3,7,9H2,1-2H3. The van der Waals surface area contributed by atoms with Gasteiger partial charge in [0.15, 0.2) is 0 Å². The number of hydrogen-bond donors (Lipinski definition) is 1. The number of rotatable bonds is 6. The first-order valence-electron chi connectivity index (χ1n) is 5.90. The summed E-state index contributed by atoms with van der Waals surface area (Å²) in [4.78, 5) is 0. The number of alkyl halides is 3. The van der Waals surface area contributed by atoms with Crippen LogP contribution >= 0.6 is 0 Å². The molecular weight excluding hydrogens is 243 g/mol. The second-order valence-corrected chi connectivity index (χ2v) is 4.10. The molecule has 0 amide bonds. The normalized spacial score (nSPS) is 13.4. The number of methoxy groups -OCH3 is 1. The zero-order chi connectivity index (χ0) is 13.6. The van der Waals surface area contributed by atoms with E-state index in [4.69, 9.17) is 4.74 Å². The summed E-state index contributed by atoms with van der Waals surface area (Å²) in [6.45, 7) is 2.19. The van der Waals surface area contributed by atoms with Gasteiger partial charge in [-0.05, 0) is 37.1 Å². The van der Waals surface area contributed by atoms with Crippen molar-refractivity contribution in [1.29, 1.82) is 0 Å². The Morgan fingerprint density at radius 1 is 1.33 bits per heavy atom. The van der Waals surface area contributed by atoms with Crippen LogP contribution in [-0.2, 0) is 6.42 Å². The van der Waals surface area contributed by atoms with Crippen LogP contribution in [0, 0.1) is 0 Å². The minimum absolute atomic E-state index is 0.0826. The lowest BCUT2D eigenvalue weighted by Crippen LogP contribution is -2.44. The van der Waals surface area contributed by atoms with Gasteiger partial charge in [-0.1, -0.05) is 19.1 Å². The molecule has 0 bridgehead atoms. The molecule has 1 atom stereocenters. The van der Waals surface area contributed by atoms with Gasteiger partial charge in [0, 0.05) is 0 Å². The Morgan fingerprint density at radius 2 is 2.06 bits per heavy atom. The molecule has 5 heteroatoms. The summed E-state index contributed by atoms with van der Waals surface area (Å²) in [6, 6.07) is 5.21. The highest BCUT2D eigenvalue weighted by Crippen LogP contribution is 2.24. The van der Waals surface area contributed by atoms with Crippen molar-refractivity contribution in [3.05, 3.63) is 29.8 Å². The molecule has 1 aromatic carbocycles. The van der Waals surface area contributed by atoms with E-state index < -0.39 is 12.2 Å². The summed E-state index contributed by atoms with van der Waals surface area (Å²) in [5, 5.41) is 2.53. The van der Waals surface area contributed by atoms with Crippen LogP contribution in [0.3, 0.4) is 0 Å². The Bertz CT molecular complexity index is 365. The van der Waals surface area contributed by atoms with E-state index in [0.29, 0.717) is 24.3 Å².